The van der Waals surface area contributed by atoms with Gasteiger partial charge in [0.25, 0.3) is 0 Å². The van der Waals surface area contributed by atoms with E-state index >= 15 is 0 Å². The molecule has 0 aromatic heterocycles. The summed E-state index contributed by atoms with van der Waals surface area (Å²) in [5, 5.41) is 5.30. The predicted octanol–water partition coefficient (Wildman–Crippen LogP) is 3.50. The third-order valence-electron chi connectivity index (χ3n) is 3.87. The van der Waals surface area contributed by atoms with Crippen molar-refractivity contribution in [3.63, 3.8) is 0 Å². The minimum absolute atomic E-state index is 0.0451. The van der Waals surface area contributed by atoms with Gasteiger partial charge in [0.1, 0.15) is 17.5 Å². The molecule has 0 aliphatic heterocycles. The molecule has 4 N–H and O–H groups in total. The summed E-state index contributed by atoms with van der Waals surface area (Å²) < 4.78 is 5.75. The Balaban J connectivity index is 2.09. The van der Waals surface area contributed by atoms with Gasteiger partial charge in [-0.15, -0.1) is 0 Å². The van der Waals surface area contributed by atoms with Crippen LogP contribution in [0.4, 0.5) is 10.5 Å². The molecule has 0 aliphatic rings. The van der Waals surface area contributed by atoms with Crippen molar-refractivity contribution in [1.82, 2.24) is 5.32 Å². The molecule has 0 bridgehead atoms. The molecule has 0 spiro atoms. The van der Waals surface area contributed by atoms with E-state index in [0.29, 0.717) is 17.2 Å². The van der Waals surface area contributed by atoms with Gasteiger partial charge in [0, 0.05) is 11.8 Å². The SMILES string of the molecule is CC[C@H](C)[C@@H](NC(N)=O)C(=O)Nc1cccc(Oc2ccccc2)c1. The van der Waals surface area contributed by atoms with Crippen LogP contribution in [0.15, 0.2) is 54.6 Å². The Kier molecular flexibility index (Phi) is 6.39. The van der Waals surface area contributed by atoms with Gasteiger partial charge in [-0.05, 0) is 30.2 Å². The topological polar surface area (TPSA) is 93.5 Å². The maximum Gasteiger partial charge on any atom is 0.312 e. The Bertz CT molecular complexity index is 719. The van der Waals surface area contributed by atoms with Crippen LogP contribution in [0.25, 0.3) is 0 Å². The lowest BCUT2D eigenvalue weighted by atomic mass is 9.98. The fourth-order valence-corrected chi connectivity index (χ4v) is 2.34. The Labute approximate surface area is 147 Å². The van der Waals surface area contributed by atoms with Gasteiger partial charge < -0.3 is 21.1 Å². The molecule has 2 aromatic rings. The molecule has 6 nitrogen and oxygen atoms in total. The van der Waals surface area contributed by atoms with Crippen LogP contribution < -0.4 is 21.1 Å². The zero-order valence-electron chi connectivity index (χ0n) is 14.4. The summed E-state index contributed by atoms with van der Waals surface area (Å²) in [5.41, 5.74) is 5.76. The highest BCUT2D eigenvalue weighted by molar-refractivity contribution is 5.97. The van der Waals surface area contributed by atoms with Crippen molar-refractivity contribution >= 4 is 17.6 Å². The van der Waals surface area contributed by atoms with Gasteiger partial charge >= 0.3 is 6.03 Å². The van der Waals surface area contributed by atoms with Crippen LogP contribution in [0.2, 0.25) is 0 Å². The molecular formula is C19H23N3O3. The number of anilines is 1. The first-order chi connectivity index (χ1) is 12.0. The number of amides is 3. The second-order valence-corrected chi connectivity index (χ2v) is 5.80. The zero-order chi connectivity index (χ0) is 18.2. The lowest BCUT2D eigenvalue weighted by Crippen LogP contribution is -2.49. The predicted molar refractivity (Wildman–Crippen MR) is 97.5 cm³/mol. The first kappa shape index (κ1) is 18.3. The van der Waals surface area contributed by atoms with E-state index < -0.39 is 12.1 Å². The number of carbonyl (C=O) groups excluding carboxylic acids is 2. The summed E-state index contributed by atoms with van der Waals surface area (Å²) in [6.07, 6.45) is 0.732. The maximum atomic E-state index is 12.5. The summed E-state index contributed by atoms with van der Waals surface area (Å²) in [7, 11) is 0. The van der Waals surface area contributed by atoms with Crippen LogP contribution in [-0.4, -0.2) is 18.0 Å². The highest BCUT2D eigenvalue weighted by Crippen LogP contribution is 2.24. The minimum atomic E-state index is -0.721. The van der Waals surface area contributed by atoms with Gasteiger partial charge in [-0.1, -0.05) is 44.5 Å². The second-order valence-electron chi connectivity index (χ2n) is 5.80. The average molecular weight is 341 g/mol. The number of ether oxygens (including phenoxy) is 1. The summed E-state index contributed by atoms with van der Waals surface area (Å²) in [4.78, 5) is 23.7. The monoisotopic (exact) mass is 341 g/mol. The number of carbonyl (C=O) groups is 2. The van der Waals surface area contributed by atoms with E-state index in [9.17, 15) is 9.59 Å². The molecule has 3 amide bonds. The fraction of sp³-hybridized carbons (Fsp3) is 0.263. The molecule has 2 aromatic carbocycles. The van der Waals surface area contributed by atoms with Gasteiger partial charge in [-0.25, -0.2) is 4.79 Å². The normalized spacial score (nSPS) is 12.7. The summed E-state index contributed by atoms with van der Waals surface area (Å²) >= 11 is 0. The van der Waals surface area contributed by atoms with Gasteiger partial charge in [0.05, 0.1) is 0 Å². The lowest BCUT2D eigenvalue weighted by Gasteiger charge is -2.22. The number of para-hydroxylation sites is 1. The van der Waals surface area contributed by atoms with Crippen molar-refractivity contribution in [3.8, 4) is 11.5 Å². The van der Waals surface area contributed by atoms with E-state index in [0.717, 1.165) is 6.42 Å². The Morgan fingerprint density at radius 3 is 2.40 bits per heavy atom. The standard InChI is InChI=1S/C19H23N3O3/c1-3-13(2)17(22-19(20)24)18(23)21-14-8-7-11-16(12-14)25-15-9-5-4-6-10-15/h4-13,17H,3H2,1-2H3,(H,21,23)(H3,20,22,24)/t13-,17+/m0/s1. The summed E-state index contributed by atoms with van der Waals surface area (Å²) in [5.74, 6) is 0.951. The van der Waals surface area contributed by atoms with Crippen molar-refractivity contribution in [2.75, 3.05) is 5.32 Å². The lowest BCUT2D eigenvalue weighted by molar-refractivity contribution is -0.119. The zero-order valence-corrected chi connectivity index (χ0v) is 14.4. The van der Waals surface area contributed by atoms with Crippen LogP contribution in [-0.2, 0) is 4.79 Å². The highest BCUT2D eigenvalue weighted by atomic mass is 16.5. The average Bonchev–Trinajstić information content (AvgIpc) is 2.60. The van der Waals surface area contributed by atoms with Crippen molar-refractivity contribution in [1.29, 1.82) is 0 Å². The largest absolute Gasteiger partial charge is 0.457 e. The van der Waals surface area contributed by atoms with Crippen molar-refractivity contribution < 1.29 is 14.3 Å². The molecule has 6 heteroatoms. The number of primary amides is 1. The van der Waals surface area contributed by atoms with Crippen LogP contribution >= 0.6 is 0 Å². The number of hydrogen-bond acceptors (Lipinski definition) is 3. The quantitative estimate of drug-likeness (QED) is 0.719. The third kappa shape index (κ3) is 5.53. The minimum Gasteiger partial charge on any atom is -0.457 e. The van der Waals surface area contributed by atoms with Crippen molar-refractivity contribution in [2.24, 2.45) is 11.7 Å². The molecule has 0 aliphatic carbocycles. The van der Waals surface area contributed by atoms with Crippen molar-refractivity contribution in [3.05, 3.63) is 54.6 Å². The van der Waals surface area contributed by atoms with E-state index in [1.54, 1.807) is 24.3 Å². The maximum absolute atomic E-state index is 12.5. The number of urea groups is 1. The van der Waals surface area contributed by atoms with Gasteiger partial charge in [-0.3, -0.25) is 4.79 Å². The van der Waals surface area contributed by atoms with Crippen LogP contribution in [0.5, 0.6) is 11.5 Å². The molecule has 0 unspecified atom stereocenters. The van der Waals surface area contributed by atoms with E-state index in [1.165, 1.54) is 0 Å². The van der Waals surface area contributed by atoms with Gasteiger partial charge in [-0.2, -0.15) is 0 Å². The number of rotatable bonds is 7. The molecule has 0 saturated heterocycles. The molecule has 0 saturated carbocycles. The Hall–Kier alpha value is -3.02. The second kappa shape index (κ2) is 8.73. The summed E-state index contributed by atoms with van der Waals surface area (Å²) in [6.45, 7) is 3.83. The molecule has 0 heterocycles. The molecule has 25 heavy (non-hydrogen) atoms. The number of hydrogen-bond donors (Lipinski definition) is 3. The molecule has 0 radical (unpaired) electrons. The van der Waals surface area contributed by atoms with Gasteiger partial charge in [0.15, 0.2) is 0 Å². The van der Waals surface area contributed by atoms with Crippen molar-refractivity contribution in [2.45, 2.75) is 26.3 Å². The van der Waals surface area contributed by atoms with E-state index in [4.69, 9.17) is 10.5 Å². The Morgan fingerprint density at radius 2 is 1.76 bits per heavy atom. The fourth-order valence-electron chi connectivity index (χ4n) is 2.34. The van der Waals surface area contributed by atoms with E-state index in [-0.39, 0.29) is 11.8 Å². The number of nitrogens with one attached hydrogen (secondary N) is 2. The number of nitrogens with two attached hydrogens (primary N) is 1. The molecule has 2 rings (SSSR count). The Morgan fingerprint density at radius 1 is 1.08 bits per heavy atom. The van der Waals surface area contributed by atoms with Crippen LogP contribution in [0.3, 0.4) is 0 Å². The number of benzene rings is 2. The molecule has 132 valence electrons. The first-order valence-corrected chi connectivity index (χ1v) is 8.19. The molecular weight excluding hydrogens is 318 g/mol. The smallest absolute Gasteiger partial charge is 0.312 e. The molecule has 2 atom stereocenters. The first-order valence-electron chi connectivity index (χ1n) is 8.19. The van der Waals surface area contributed by atoms with E-state index in [2.05, 4.69) is 10.6 Å². The molecule has 0 fully saturated rings. The van der Waals surface area contributed by atoms with Crippen LogP contribution in [0.1, 0.15) is 20.3 Å². The third-order valence-corrected chi connectivity index (χ3v) is 3.87. The van der Waals surface area contributed by atoms with E-state index in [1.807, 2.05) is 44.2 Å². The van der Waals surface area contributed by atoms with Crippen LogP contribution in [0, 0.1) is 5.92 Å². The highest BCUT2D eigenvalue weighted by Gasteiger charge is 2.25. The summed E-state index contributed by atoms with van der Waals surface area (Å²) in [6, 6.07) is 15.0. The van der Waals surface area contributed by atoms with Gasteiger partial charge in [0.2, 0.25) is 5.91 Å².